The zero-order chi connectivity index (χ0) is 15.4. The van der Waals surface area contributed by atoms with Crippen molar-refractivity contribution < 1.29 is 9.47 Å². The summed E-state index contributed by atoms with van der Waals surface area (Å²) in [7, 11) is 1.69. The molecule has 1 aliphatic carbocycles. The van der Waals surface area contributed by atoms with E-state index in [4.69, 9.17) is 9.47 Å². The van der Waals surface area contributed by atoms with Crippen LogP contribution in [0, 0.1) is 5.92 Å². The Balaban J connectivity index is 1.56. The Morgan fingerprint density at radius 3 is 3.05 bits per heavy atom. The summed E-state index contributed by atoms with van der Waals surface area (Å²) in [6, 6.07) is 7.38. The van der Waals surface area contributed by atoms with Crippen LogP contribution in [0.5, 0.6) is 5.75 Å². The van der Waals surface area contributed by atoms with Crippen LogP contribution in [0.15, 0.2) is 22.7 Å². The molecule has 3 rings (SSSR count). The number of morpholine rings is 1. The second kappa shape index (κ2) is 7.77. The van der Waals surface area contributed by atoms with E-state index in [-0.39, 0.29) is 0 Å². The third kappa shape index (κ3) is 3.82. The van der Waals surface area contributed by atoms with Gasteiger partial charge < -0.3 is 20.1 Å². The Bertz CT molecular complexity index is 492. The summed E-state index contributed by atoms with van der Waals surface area (Å²) >= 11 is 3.56. The molecule has 0 spiro atoms. The van der Waals surface area contributed by atoms with E-state index in [9.17, 15) is 0 Å². The summed E-state index contributed by atoms with van der Waals surface area (Å²) in [5, 5.41) is 7.38. The van der Waals surface area contributed by atoms with Gasteiger partial charge in [-0.2, -0.15) is 0 Å². The van der Waals surface area contributed by atoms with Gasteiger partial charge in [-0.15, -0.1) is 0 Å². The number of hydrogen-bond acceptors (Lipinski definition) is 4. The van der Waals surface area contributed by atoms with Crippen molar-refractivity contribution in [3.8, 4) is 5.75 Å². The lowest BCUT2D eigenvalue weighted by molar-refractivity contribution is 0.0524. The van der Waals surface area contributed by atoms with E-state index in [0.717, 1.165) is 36.5 Å². The first-order valence-corrected chi connectivity index (χ1v) is 8.94. The fraction of sp³-hybridized carbons (Fsp3) is 0.647. The fourth-order valence-electron chi connectivity index (χ4n) is 3.65. The van der Waals surface area contributed by atoms with Crippen LogP contribution in [0.4, 0.5) is 0 Å². The van der Waals surface area contributed by atoms with Crippen LogP contribution in [-0.4, -0.2) is 39.0 Å². The molecule has 1 saturated heterocycles. The quantitative estimate of drug-likeness (QED) is 0.838. The first kappa shape index (κ1) is 16.2. The molecule has 1 saturated carbocycles. The highest BCUT2D eigenvalue weighted by molar-refractivity contribution is 9.10. The largest absolute Gasteiger partial charge is 0.496 e. The molecule has 3 atom stereocenters. The maximum atomic E-state index is 5.64. The van der Waals surface area contributed by atoms with Gasteiger partial charge in [0.1, 0.15) is 5.75 Å². The first-order chi connectivity index (χ1) is 10.8. The maximum Gasteiger partial charge on any atom is 0.133 e. The van der Waals surface area contributed by atoms with Gasteiger partial charge in [-0.05, 0) is 52.4 Å². The normalized spacial score (nSPS) is 28.7. The summed E-state index contributed by atoms with van der Waals surface area (Å²) in [6.07, 6.45) is 3.87. The topological polar surface area (TPSA) is 42.5 Å². The van der Waals surface area contributed by atoms with Crippen molar-refractivity contribution in [3.05, 3.63) is 28.2 Å². The van der Waals surface area contributed by atoms with Crippen LogP contribution in [-0.2, 0) is 11.3 Å². The van der Waals surface area contributed by atoms with Gasteiger partial charge in [0, 0.05) is 25.2 Å². The lowest BCUT2D eigenvalue weighted by atomic mass is 9.94. The van der Waals surface area contributed by atoms with Crippen LogP contribution in [0.1, 0.15) is 24.8 Å². The van der Waals surface area contributed by atoms with Crippen molar-refractivity contribution in [2.75, 3.05) is 26.9 Å². The summed E-state index contributed by atoms with van der Waals surface area (Å²) in [4.78, 5) is 0. The third-order valence-corrected chi connectivity index (χ3v) is 5.44. The van der Waals surface area contributed by atoms with Crippen molar-refractivity contribution in [2.24, 2.45) is 5.92 Å². The SMILES string of the molecule is COc1ccc(CNC2CCCC2C2COCCN2)cc1Br. The molecule has 1 heterocycles. The number of benzene rings is 1. The van der Waals surface area contributed by atoms with Crippen LogP contribution in [0.2, 0.25) is 0 Å². The summed E-state index contributed by atoms with van der Waals surface area (Å²) in [6.45, 7) is 3.59. The van der Waals surface area contributed by atoms with Crippen LogP contribution < -0.4 is 15.4 Å². The zero-order valence-electron chi connectivity index (χ0n) is 13.1. The highest BCUT2D eigenvalue weighted by atomic mass is 79.9. The van der Waals surface area contributed by atoms with E-state index in [2.05, 4.69) is 38.7 Å². The number of ether oxygens (including phenoxy) is 2. The molecule has 5 heteroatoms. The Kier molecular flexibility index (Phi) is 5.74. The van der Waals surface area contributed by atoms with Gasteiger partial charge in [-0.3, -0.25) is 0 Å². The van der Waals surface area contributed by atoms with Crippen molar-refractivity contribution in [3.63, 3.8) is 0 Å². The molecule has 22 heavy (non-hydrogen) atoms. The molecule has 2 aliphatic rings. The number of hydrogen-bond donors (Lipinski definition) is 2. The van der Waals surface area contributed by atoms with E-state index in [1.165, 1.54) is 24.8 Å². The van der Waals surface area contributed by atoms with Gasteiger partial charge in [0.2, 0.25) is 0 Å². The van der Waals surface area contributed by atoms with Crippen LogP contribution >= 0.6 is 15.9 Å². The Hall–Kier alpha value is -0.620. The molecular weight excluding hydrogens is 344 g/mol. The standard InChI is InChI=1S/C17H25BrN2O2/c1-21-17-6-5-12(9-14(17)18)10-20-15-4-2-3-13(15)16-11-22-8-7-19-16/h5-6,9,13,15-16,19-20H,2-4,7-8,10-11H2,1H3. The van der Waals surface area contributed by atoms with Gasteiger partial charge in [0.15, 0.2) is 0 Å². The summed E-state index contributed by atoms with van der Waals surface area (Å²) in [5.74, 6) is 1.56. The minimum Gasteiger partial charge on any atom is -0.496 e. The van der Waals surface area contributed by atoms with Gasteiger partial charge in [-0.1, -0.05) is 12.5 Å². The molecule has 3 unspecified atom stereocenters. The van der Waals surface area contributed by atoms with E-state index < -0.39 is 0 Å². The second-order valence-electron chi connectivity index (χ2n) is 6.19. The minimum absolute atomic E-state index is 0.511. The monoisotopic (exact) mass is 368 g/mol. The molecule has 1 aromatic rings. The third-order valence-electron chi connectivity index (χ3n) is 4.82. The van der Waals surface area contributed by atoms with E-state index in [0.29, 0.717) is 18.0 Å². The summed E-state index contributed by atoms with van der Waals surface area (Å²) < 4.78 is 11.9. The van der Waals surface area contributed by atoms with Crippen molar-refractivity contribution >= 4 is 15.9 Å². The van der Waals surface area contributed by atoms with Crippen LogP contribution in [0.3, 0.4) is 0 Å². The second-order valence-corrected chi connectivity index (χ2v) is 7.04. The van der Waals surface area contributed by atoms with Crippen molar-refractivity contribution in [1.29, 1.82) is 0 Å². The molecule has 2 fully saturated rings. The molecule has 2 N–H and O–H groups in total. The van der Waals surface area contributed by atoms with E-state index >= 15 is 0 Å². The number of rotatable bonds is 5. The Morgan fingerprint density at radius 1 is 1.41 bits per heavy atom. The summed E-state index contributed by atoms with van der Waals surface area (Å²) in [5.41, 5.74) is 1.28. The van der Waals surface area contributed by atoms with Gasteiger partial charge in [-0.25, -0.2) is 0 Å². The highest BCUT2D eigenvalue weighted by Gasteiger charge is 2.34. The first-order valence-electron chi connectivity index (χ1n) is 8.15. The Labute approximate surface area is 141 Å². The molecular formula is C17H25BrN2O2. The van der Waals surface area contributed by atoms with E-state index in [1.54, 1.807) is 7.11 Å². The van der Waals surface area contributed by atoms with Crippen molar-refractivity contribution in [1.82, 2.24) is 10.6 Å². The molecule has 1 aliphatic heterocycles. The molecule has 0 aromatic heterocycles. The lowest BCUT2D eigenvalue weighted by Crippen LogP contribution is -2.50. The molecule has 0 radical (unpaired) electrons. The Morgan fingerprint density at radius 2 is 2.32 bits per heavy atom. The number of halogens is 1. The fourth-order valence-corrected chi connectivity index (χ4v) is 4.24. The van der Waals surface area contributed by atoms with Gasteiger partial charge in [0.25, 0.3) is 0 Å². The molecule has 0 bridgehead atoms. The molecule has 0 amide bonds. The predicted molar refractivity (Wildman–Crippen MR) is 91.3 cm³/mol. The predicted octanol–water partition coefficient (Wildman–Crippen LogP) is 2.70. The highest BCUT2D eigenvalue weighted by Crippen LogP contribution is 2.30. The smallest absolute Gasteiger partial charge is 0.133 e. The van der Waals surface area contributed by atoms with Gasteiger partial charge >= 0.3 is 0 Å². The molecule has 4 nitrogen and oxygen atoms in total. The molecule has 1 aromatic carbocycles. The van der Waals surface area contributed by atoms with Crippen molar-refractivity contribution in [2.45, 2.75) is 37.9 Å². The van der Waals surface area contributed by atoms with E-state index in [1.807, 2.05) is 6.07 Å². The average molecular weight is 369 g/mol. The zero-order valence-corrected chi connectivity index (χ0v) is 14.7. The lowest BCUT2D eigenvalue weighted by Gasteiger charge is -2.33. The van der Waals surface area contributed by atoms with Crippen LogP contribution in [0.25, 0.3) is 0 Å². The average Bonchev–Trinajstić information content (AvgIpc) is 3.02. The maximum absolute atomic E-state index is 5.64. The van der Waals surface area contributed by atoms with Gasteiger partial charge in [0.05, 0.1) is 24.8 Å². The number of nitrogens with one attached hydrogen (secondary N) is 2. The minimum atomic E-state index is 0.511. The number of methoxy groups -OCH3 is 1. The molecule has 122 valence electrons.